The SMILES string of the molecule is N#CC(=CNc1ccc(Cl)cc1Cl)c1nc(-c2cccc([N+](=O)[O-])c2)cs1. The predicted molar refractivity (Wildman–Crippen MR) is 108 cm³/mol. The number of nitriles is 1. The Kier molecular flexibility index (Phi) is 5.72. The molecule has 0 fully saturated rings. The fraction of sp³-hybridized carbons (Fsp3) is 0. The molecule has 9 heteroatoms. The molecule has 0 aliphatic heterocycles. The largest absolute Gasteiger partial charge is 0.359 e. The van der Waals surface area contributed by atoms with E-state index in [4.69, 9.17) is 23.2 Å². The molecule has 27 heavy (non-hydrogen) atoms. The van der Waals surface area contributed by atoms with Crippen molar-refractivity contribution < 1.29 is 4.92 Å². The van der Waals surface area contributed by atoms with Gasteiger partial charge in [0.1, 0.15) is 16.6 Å². The summed E-state index contributed by atoms with van der Waals surface area (Å²) in [7, 11) is 0. The van der Waals surface area contributed by atoms with Gasteiger partial charge in [0.25, 0.3) is 5.69 Å². The number of rotatable bonds is 5. The van der Waals surface area contributed by atoms with Crippen molar-refractivity contribution in [2.75, 3.05) is 5.32 Å². The molecular formula is C18H10Cl2N4O2S. The summed E-state index contributed by atoms with van der Waals surface area (Å²) >= 11 is 13.2. The number of nitro benzene ring substituents is 1. The average molecular weight is 417 g/mol. The van der Waals surface area contributed by atoms with Gasteiger partial charge in [-0.15, -0.1) is 11.3 Å². The molecule has 1 N–H and O–H groups in total. The highest BCUT2D eigenvalue weighted by Gasteiger charge is 2.12. The highest BCUT2D eigenvalue weighted by molar-refractivity contribution is 7.11. The number of thiazole rings is 1. The maximum Gasteiger partial charge on any atom is 0.270 e. The van der Waals surface area contributed by atoms with Crippen molar-refractivity contribution in [2.45, 2.75) is 0 Å². The maximum absolute atomic E-state index is 10.9. The second-order valence-electron chi connectivity index (χ2n) is 5.28. The zero-order valence-electron chi connectivity index (χ0n) is 13.5. The van der Waals surface area contributed by atoms with Crippen molar-refractivity contribution in [2.24, 2.45) is 0 Å². The van der Waals surface area contributed by atoms with Crippen LogP contribution >= 0.6 is 34.5 Å². The van der Waals surface area contributed by atoms with Crippen LogP contribution in [-0.2, 0) is 0 Å². The number of hydrogen-bond acceptors (Lipinski definition) is 6. The molecule has 134 valence electrons. The fourth-order valence-electron chi connectivity index (χ4n) is 2.21. The number of hydrogen-bond donors (Lipinski definition) is 1. The number of nitrogens with one attached hydrogen (secondary N) is 1. The first-order valence-electron chi connectivity index (χ1n) is 7.50. The quantitative estimate of drug-likeness (QED) is 0.312. The summed E-state index contributed by atoms with van der Waals surface area (Å²) in [5.41, 5.74) is 2.06. The number of non-ortho nitro benzene ring substituents is 1. The maximum atomic E-state index is 10.9. The van der Waals surface area contributed by atoms with E-state index in [1.165, 1.54) is 29.7 Å². The van der Waals surface area contributed by atoms with E-state index in [-0.39, 0.29) is 5.69 Å². The Bertz CT molecular complexity index is 1090. The third kappa shape index (κ3) is 4.44. The van der Waals surface area contributed by atoms with Gasteiger partial charge < -0.3 is 5.32 Å². The van der Waals surface area contributed by atoms with Crippen LogP contribution in [0.15, 0.2) is 54.0 Å². The summed E-state index contributed by atoms with van der Waals surface area (Å²) < 4.78 is 0. The van der Waals surface area contributed by atoms with Crippen LogP contribution in [0.3, 0.4) is 0 Å². The minimum absolute atomic E-state index is 0.0165. The lowest BCUT2D eigenvalue weighted by molar-refractivity contribution is -0.384. The summed E-state index contributed by atoms with van der Waals surface area (Å²) in [6, 6.07) is 13.2. The number of benzene rings is 2. The van der Waals surface area contributed by atoms with Crippen LogP contribution in [0.2, 0.25) is 10.0 Å². The molecule has 0 amide bonds. The first-order chi connectivity index (χ1) is 13.0. The molecule has 3 rings (SSSR count). The lowest BCUT2D eigenvalue weighted by Crippen LogP contribution is -1.92. The summed E-state index contributed by atoms with van der Waals surface area (Å²) in [6.45, 7) is 0. The highest BCUT2D eigenvalue weighted by atomic mass is 35.5. The molecule has 0 spiro atoms. The minimum atomic E-state index is -0.461. The molecule has 0 atom stereocenters. The van der Waals surface area contributed by atoms with Gasteiger partial charge in [0.2, 0.25) is 0 Å². The van der Waals surface area contributed by atoms with Crippen molar-refractivity contribution in [3.63, 3.8) is 0 Å². The van der Waals surface area contributed by atoms with Crippen LogP contribution < -0.4 is 5.32 Å². The van der Waals surface area contributed by atoms with Crippen molar-refractivity contribution in [3.8, 4) is 17.3 Å². The average Bonchev–Trinajstić information content (AvgIpc) is 3.14. The van der Waals surface area contributed by atoms with Crippen LogP contribution in [0, 0.1) is 21.4 Å². The second kappa shape index (κ2) is 8.18. The van der Waals surface area contributed by atoms with E-state index in [1.807, 2.05) is 0 Å². The molecule has 1 aromatic heterocycles. The van der Waals surface area contributed by atoms with Crippen LogP contribution in [0.1, 0.15) is 5.01 Å². The zero-order chi connectivity index (χ0) is 19.4. The number of nitrogens with zero attached hydrogens (tertiary/aromatic N) is 3. The van der Waals surface area contributed by atoms with E-state index in [2.05, 4.69) is 16.4 Å². The Labute approximate surface area is 168 Å². The molecular weight excluding hydrogens is 407 g/mol. The van der Waals surface area contributed by atoms with Crippen molar-refractivity contribution in [1.29, 1.82) is 5.26 Å². The molecule has 0 bridgehead atoms. The van der Waals surface area contributed by atoms with Crippen LogP contribution in [0.25, 0.3) is 16.8 Å². The molecule has 0 saturated heterocycles. The van der Waals surface area contributed by atoms with Gasteiger partial charge in [-0.05, 0) is 18.2 Å². The van der Waals surface area contributed by atoms with Crippen LogP contribution in [-0.4, -0.2) is 9.91 Å². The van der Waals surface area contributed by atoms with Gasteiger partial charge in [-0.25, -0.2) is 4.98 Å². The van der Waals surface area contributed by atoms with E-state index < -0.39 is 4.92 Å². The third-order valence-corrected chi connectivity index (χ3v) is 4.93. The van der Waals surface area contributed by atoms with Crippen molar-refractivity contribution in [3.05, 3.63) is 79.2 Å². The molecule has 1 heterocycles. The molecule has 2 aromatic carbocycles. The Balaban J connectivity index is 1.86. The predicted octanol–water partition coefficient (Wildman–Crippen LogP) is 6.00. The van der Waals surface area contributed by atoms with Crippen LogP contribution in [0.4, 0.5) is 11.4 Å². The standard InChI is InChI=1S/C18H10Cl2N4O2S/c19-13-4-5-16(15(20)7-13)22-9-12(8-21)18-23-17(10-27-18)11-2-1-3-14(6-11)24(25)26/h1-7,9-10,22H. The molecule has 0 unspecified atom stereocenters. The van der Waals surface area contributed by atoms with E-state index in [1.54, 1.807) is 35.7 Å². The summed E-state index contributed by atoms with van der Waals surface area (Å²) in [5, 5.41) is 26.5. The van der Waals surface area contributed by atoms with Crippen molar-refractivity contribution >= 4 is 51.5 Å². The van der Waals surface area contributed by atoms with E-state index >= 15 is 0 Å². The fourth-order valence-corrected chi connectivity index (χ4v) is 3.46. The lowest BCUT2D eigenvalue weighted by atomic mass is 10.1. The molecule has 0 saturated carbocycles. The molecule has 0 aliphatic rings. The Morgan fingerprint density at radius 3 is 2.81 bits per heavy atom. The minimum Gasteiger partial charge on any atom is -0.359 e. The second-order valence-corrected chi connectivity index (χ2v) is 6.99. The summed E-state index contributed by atoms with van der Waals surface area (Å²) in [4.78, 5) is 14.9. The lowest BCUT2D eigenvalue weighted by Gasteiger charge is -2.04. The Hall–Kier alpha value is -2.92. The van der Waals surface area contributed by atoms with Crippen LogP contribution in [0.5, 0.6) is 0 Å². The van der Waals surface area contributed by atoms with E-state index in [9.17, 15) is 15.4 Å². The Morgan fingerprint density at radius 1 is 1.30 bits per heavy atom. The smallest absolute Gasteiger partial charge is 0.270 e. The van der Waals surface area contributed by atoms with Gasteiger partial charge in [0.15, 0.2) is 0 Å². The number of aromatic nitrogens is 1. The number of allylic oxidation sites excluding steroid dienone is 1. The topological polar surface area (TPSA) is 91.8 Å². The Morgan fingerprint density at radius 2 is 2.11 bits per heavy atom. The normalized spacial score (nSPS) is 11.1. The summed E-state index contributed by atoms with van der Waals surface area (Å²) in [6.07, 6.45) is 1.51. The number of nitro groups is 1. The first kappa shape index (κ1) is 18.9. The van der Waals surface area contributed by atoms with Gasteiger partial charge in [-0.3, -0.25) is 10.1 Å². The number of halogens is 2. The van der Waals surface area contributed by atoms with Gasteiger partial charge in [-0.2, -0.15) is 5.26 Å². The zero-order valence-corrected chi connectivity index (χ0v) is 15.8. The molecule has 3 aromatic rings. The number of anilines is 1. The molecule has 0 radical (unpaired) electrons. The first-order valence-corrected chi connectivity index (χ1v) is 9.14. The third-order valence-electron chi connectivity index (χ3n) is 3.51. The van der Waals surface area contributed by atoms with E-state index in [0.717, 1.165) is 0 Å². The molecule has 6 nitrogen and oxygen atoms in total. The van der Waals surface area contributed by atoms with Gasteiger partial charge in [0, 0.05) is 34.3 Å². The monoisotopic (exact) mass is 416 g/mol. The van der Waals surface area contributed by atoms with Gasteiger partial charge >= 0.3 is 0 Å². The van der Waals surface area contributed by atoms with Crippen molar-refractivity contribution in [1.82, 2.24) is 4.98 Å². The van der Waals surface area contributed by atoms with Gasteiger partial charge in [0.05, 0.1) is 21.3 Å². The van der Waals surface area contributed by atoms with Gasteiger partial charge in [-0.1, -0.05) is 35.3 Å². The summed E-state index contributed by atoms with van der Waals surface area (Å²) in [5.74, 6) is 0. The van der Waals surface area contributed by atoms with E-state index in [0.29, 0.717) is 37.6 Å². The highest BCUT2D eigenvalue weighted by Crippen LogP contribution is 2.29. The molecule has 0 aliphatic carbocycles.